The van der Waals surface area contributed by atoms with Crippen molar-refractivity contribution in [2.75, 3.05) is 4.90 Å². The van der Waals surface area contributed by atoms with Crippen molar-refractivity contribution >= 4 is 80.4 Å². The summed E-state index contributed by atoms with van der Waals surface area (Å²) in [7, 11) is -2.42. The second kappa shape index (κ2) is 16.0. The van der Waals surface area contributed by atoms with Crippen molar-refractivity contribution in [1.82, 2.24) is 9.13 Å². The normalized spacial score (nSPS) is 15.4. The first-order valence-corrected chi connectivity index (χ1v) is 30.1. The van der Waals surface area contributed by atoms with Crippen LogP contribution >= 0.6 is 0 Å². The van der Waals surface area contributed by atoms with E-state index in [2.05, 4.69) is 239 Å². The van der Waals surface area contributed by atoms with E-state index >= 15 is 0 Å². The molecule has 0 fully saturated rings. The molecule has 0 amide bonds. The van der Waals surface area contributed by atoms with Crippen LogP contribution in [0, 0.1) is 0 Å². The van der Waals surface area contributed by atoms with E-state index in [1.165, 1.54) is 130 Å². The summed E-state index contributed by atoms with van der Waals surface area (Å²) in [6.07, 6.45) is 6.94. The molecule has 0 radical (unpaired) electrons. The van der Waals surface area contributed by atoms with Crippen molar-refractivity contribution in [3.05, 3.63) is 203 Å². The second-order valence-electron chi connectivity index (χ2n) is 24.3. The van der Waals surface area contributed by atoms with Crippen molar-refractivity contribution in [3.63, 3.8) is 0 Å². The highest BCUT2D eigenvalue weighted by Crippen LogP contribution is 2.50. The molecule has 0 saturated carbocycles. The number of rotatable bonds is 5. The van der Waals surface area contributed by atoms with Crippen LogP contribution in [0.1, 0.15) is 88.0 Å². The summed E-state index contributed by atoms with van der Waals surface area (Å²) in [5.41, 5.74) is 26.9. The standard InChI is InChI=1S/C68H64BN3Si/c1-67(2,3)45-37-53(43-21-11-9-12-22-43)66(54(38-45)44-23-13-10-14-24-44)72-61-41-47(70-57-29-17-15-25-49(57)51-27-19-31-59(51)70)33-35-55(61)69-56-36-34-48(71-58-30-18-16-26-50(58)52-28-20-32-60(52)71)42-63(56)73(7,8)64-40-46(68(4,5)6)39-62(72)65(64)69/h9-18,21-26,29-30,33-42H,19-20,27-28,31-32H2,1-8H3. The lowest BCUT2D eigenvalue weighted by Crippen LogP contribution is -2.78. The number of aryl methyl sites for hydroxylation is 2. The molecule has 4 heterocycles. The summed E-state index contributed by atoms with van der Waals surface area (Å²) in [6.45, 7) is 19.7. The van der Waals surface area contributed by atoms with E-state index < -0.39 is 8.07 Å². The lowest BCUT2D eigenvalue weighted by Gasteiger charge is -2.46. The van der Waals surface area contributed by atoms with E-state index in [1.54, 1.807) is 15.9 Å². The summed E-state index contributed by atoms with van der Waals surface area (Å²) < 4.78 is 5.26. The van der Waals surface area contributed by atoms with Crippen LogP contribution in [-0.4, -0.2) is 23.9 Å². The van der Waals surface area contributed by atoms with E-state index in [4.69, 9.17) is 0 Å². The monoisotopic (exact) mass is 961 g/mol. The van der Waals surface area contributed by atoms with Gasteiger partial charge in [-0.25, -0.2) is 0 Å². The first kappa shape index (κ1) is 44.6. The molecule has 0 spiro atoms. The molecule has 73 heavy (non-hydrogen) atoms. The first-order chi connectivity index (χ1) is 35.3. The maximum atomic E-state index is 2.77. The van der Waals surface area contributed by atoms with Gasteiger partial charge in [0.05, 0.1) is 16.7 Å². The minimum atomic E-state index is -2.42. The van der Waals surface area contributed by atoms with Crippen molar-refractivity contribution in [1.29, 1.82) is 0 Å². The number of benzene rings is 8. The van der Waals surface area contributed by atoms with Gasteiger partial charge in [-0.2, -0.15) is 0 Å². The van der Waals surface area contributed by atoms with Crippen molar-refractivity contribution in [2.45, 2.75) is 104 Å². The van der Waals surface area contributed by atoms with Gasteiger partial charge in [-0.05, 0) is 148 Å². The quantitative estimate of drug-likeness (QED) is 0.157. The zero-order chi connectivity index (χ0) is 49.7. The molecule has 5 heteroatoms. The maximum absolute atomic E-state index is 2.77. The predicted octanol–water partition coefficient (Wildman–Crippen LogP) is 13.9. The molecule has 0 saturated heterocycles. The van der Waals surface area contributed by atoms with Crippen molar-refractivity contribution in [2.24, 2.45) is 0 Å². The minimum absolute atomic E-state index is 0.0531. The Kier molecular flexibility index (Phi) is 9.75. The van der Waals surface area contributed by atoms with Gasteiger partial charge in [-0.15, -0.1) is 0 Å². The predicted molar refractivity (Wildman–Crippen MR) is 315 cm³/mol. The summed E-state index contributed by atoms with van der Waals surface area (Å²) >= 11 is 0. The van der Waals surface area contributed by atoms with Crippen molar-refractivity contribution in [3.8, 4) is 33.6 Å². The molecule has 2 aromatic heterocycles. The fraction of sp³-hybridized carbons (Fsp3) is 0.235. The van der Waals surface area contributed by atoms with Crippen molar-refractivity contribution < 1.29 is 0 Å². The average Bonchev–Trinajstić information content (AvgIpc) is 4.20. The lowest BCUT2D eigenvalue weighted by molar-refractivity contribution is 0.590. The Morgan fingerprint density at radius 2 is 0.945 bits per heavy atom. The Bertz CT molecular complexity index is 3850. The zero-order valence-corrected chi connectivity index (χ0v) is 44.8. The Labute approximate surface area is 433 Å². The van der Waals surface area contributed by atoms with Crippen LogP contribution in [0.5, 0.6) is 0 Å². The summed E-state index contributed by atoms with van der Waals surface area (Å²) in [5.74, 6) is 0. The van der Waals surface area contributed by atoms with Crippen LogP contribution in [0.3, 0.4) is 0 Å². The lowest BCUT2D eigenvalue weighted by atomic mass is 9.34. The van der Waals surface area contributed by atoms with Gasteiger partial charge in [0, 0.05) is 56.0 Å². The van der Waals surface area contributed by atoms with Crippen LogP contribution in [0.15, 0.2) is 170 Å². The van der Waals surface area contributed by atoms with Gasteiger partial charge >= 0.3 is 0 Å². The number of fused-ring (bicyclic) bond motifs is 10. The number of hydrogen-bond acceptors (Lipinski definition) is 1. The van der Waals surface area contributed by atoms with Gasteiger partial charge in [0.15, 0.2) is 0 Å². The molecule has 14 rings (SSSR count). The van der Waals surface area contributed by atoms with Gasteiger partial charge in [-0.1, -0.05) is 186 Å². The SMILES string of the molecule is CC(C)(C)c1cc(-c2ccccc2)c(N2c3cc(-n4c5c(c6ccccc64)CCC5)ccc3B3c4ccc(-n5c6c(c7ccccc75)CCC6)cc4[Si](C)(C)c4cc(C(C)(C)C)cc2c43)c(-c2ccccc2)c1. The van der Waals surface area contributed by atoms with Crippen LogP contribution < -0.4 is 31.7 Å². The largest absolute Gasteiger partial charge is 0.313 e. The summed E-state index contributed by atoms with van der Waals surface area (Å²) in [6, 6.07) is 66.4. The number of anilines is 3. The Hall–Kier alpha value is -7.08. The van der Waals surface area contributed by atoms with Gasteiger partial charge < -0.3 is 14.0 Å². The highest BCUT2D eigenvalue weighted by Gasteiger charge is 2.48. The number of hydrogen-bond donors (Lipinski definition) is 0. The first-order valence-electron chi connectivity index (χ1n) is 27.1. The second-order valence-corrected chi connectivity index (χ2v) is 28.6. The smallest absolute Gasteiger partial charge is 0.246 e. The number of nitrogens with zero attached hydrogens (tertiary/aromatic N) is 3. The van der Waals surface area contributed by atoms with Crippen LogP contribution in [0.25, 0.3) is 55.4 Å². The van der Waals surface area contributed by atoms with Gasteiger partial charge in [0.2, 0.25) is 6.71 Å². The summed E-state index contributed by atoms with van der Waals surface area (Å²) in [4.78, 5) is 2.77. The molecule has 4 aliphatic rings. The molecule has 8 aromatic carbocycles. The highest BCUT2D eigenvalue weighted by molar-refractivity contribution is 7.15. The Morgan fingerprint density at radius 1 is 0.452 bits per heavy atom. The molecule has 3 nitrogen and oxygen atoms in total. The van der Waals surface area contributed by atoms with Crippen LogP contribution in [0.2, 0.25) is 13.1 Å². The number of para-hydroxylation sites is 2. The van der Waals surface area contributed by atoms with Gasteiger partial charge in [-0.3, -0.25) is 0 Å². The van der Waals surface area contributed by atoms with Gasteiger partial charge in [0.1, 0.15) is 8.07 Å². The fourth-order valence-corrected chi connectivity index (χ4v) is 17.1. The molecular weight excluding hydrogens is 898 g/mol. The van der Waals surface area contributed by atoms with Crippen LogP contribution in [-0.2, 0) is 36.5 Å². The average molecular weight is 962 g/mol. The highest BCUT2D eigenvalue weighted by atomic mass is 28.3. The number of aromatic nitrogens is 2. The third kappa shape index (κ3) is 6.63. The minimum Gasteiger partial charge on any atom is -0.313 e. The molecule has 0 unspecified atom stereocenters. The molecule has 2 aliphatic heterocycles. The fourth-order valence-electron chi connectivity index (χ4n) is 13.9. The molecule has 0 atom stereocenters. The molecule has 0 bridgehead atoms. The molecular formula is C68H64BN3Si. The van der Waals surface area contributed by atoms with E-state index in [0.717, 1.165) is 25.7 Å². The molecule has 10 aromatic rings. The Balaban J connectivity index is 1.12. The summed E-state index contributed by atoms with van der Waals surface area (Å²) in [5, 5.41) is 5.95. The molecule has 358 valence electrons. The third-order valence-corrected chi connectivity index (χ3v) is 21.1. The Morgan fingerprint density at radius 3 is 1.49 bits per heavy atom. The van der Waals surface area contributed by atoms with E-state index in [9.17, 15) is 0 Å². The molecule has 2 aliphatic carbocycles. The zero-order valence-electron chi connectivity index (χ0n) is 43.8. The molecule has 0 N–H and O–H groups in total. The van der Waals surface area contributed by atoms with Gasteiger partial charge in [0.25, 0.3) is 0 Å². The maximum Gasteiger partial charge on any atom is 0.246 e. The van der Waals surface area contributed by atoms with E-state index in [1.807, 2.05) is 0 Å². The third-order valence-electron chi connectivity index (χ3n) is 17.6. The topological polar surface area (TPSA) is 13.1 Å². The van der Waals surface area contributed by atoms with Crippen LogP contribution in [0.4, 0.5) is 17.1 Å². The van der Waals surface area contributed by atoms with E-state index in [0.29, 0.717) is 0 Å². The van der Waals surface area contributed by atoms with E-state index in [-0.39, 0.29) is 17.5 Å².